The predicted octanol–water partition coefficient (Wildman–Crippen LogP) is 4.13. The second-order valence-corrected chi connectivity index (χ2v) is 5.37. The first-order valence-corrected chi connectivity index (χ1v) is 7.31. The molecule has 0 aliphatic heterocycles. The number of methoxy groups -OCH3 is 2. The molecule has 4 nitrogen and oxygen atoms in total. The second kappa shape index (κ2) is 7.13. The van der Waals surface area contributed by atoms with Crippen LogP contribution in [0.2, 0.25) is 0 Å². The van der Waals surface area contributed by atoms with Crippen molar-refractivity contribution in [1.82, 2.24) is 0 Å². The molecule has 0 aliphatic rings. The van der Waals surface area contributed by atoms with Crippen LogP contribution in [0.15, 0.2) is 36.4 Å². The van der Waals surface area contributed by atoms with E-state index in [1.807, 2.05) is 37.3 Å². The van der Waals surface area contributed by atoms with Gasteiger partial charge in [-0.25, -0.2) is 0 Å². The molecule has 0 bridgehead atoms. The Kier molecular flexibility index (Phi) is 5.22. The van der Waals surface area contributed by atoms with Crippen LogP contribution in [0.3, 0.4) is 0 Å². The zero-order valence-electron chi connectivity index (χ0n) is 13.2. The van der Waals surface area contributed by atoms with Crippen molar-refractivity contribution in [2.24, 2.45) is 0 Å². The molecule has 116 valence electrons. The number of hydrogen-bond acceptors (Lipinski definition) is 3. The Balaban J connectivity index is 2.12. The third-order valence-electron chi connectivity index (χ3n) is 3.29. The standard InChI is InChI=1S/C17H20N2O2S/c1-11-5-7-14(12(2)9-11)18-17(22)19-15-8-6-13(20-3)10-16(15)21-4/h5-10H,1-4H3,(H2,18,19,22). The molecule has 0 saturated heterocycles. The van der Waals surface area contributed by atoms with Crippen molar-refractivity contribution in [3.05, 3.63) is 47.5 Å². The molecule has 0 spiro atoms. The van der Waals surface area contributed by atoms with Crippen LogP contribution in [0.5, 0.6) is 11.5 Å². The van der Waals surface area contributed by atoms with Crippen LogP contribution in [0.25, 0.3) is 0 Å². The van der Waals surface area contributed by atoms with Crippen LogP contribution >= 0.6 is 12.2 Å². The highest BCUT2D eigenvalue weighted by Crippen LogP contribution is 2.29. The number of anilines is 2. The largest absolute Gasteiger partial charge is 0.497 e. The lowest BCUT2D eigenvalue weighted by Gasteiger charge is -2.15. The Morgan fingerprint density at radius 1 is 0.909 bits per heavy atom. The lowest BCUT2D eigenvalue weighted by Crippen LogP contribution is -2.20. The first kappa shape index (κ1) is 16.1. The zero-order valence-corrected chi connectivity index (χ0v) is 14.0. The van der Waals surface area contributed by atoms with E-state index < -0.39 is 0 Å². The maximum absolute atomic E-state index is 5.37. The number of ether oxygens (including phenoxy) is 2. The van der Waals surface area contributed by atoms with Gasteiger partial charge in [-0.1, -0.05) is 17.7 Å². The van der Waals surface area contributed by atoms with Crippen molar-refractivity contribution in [2.45, 2.75) is 13.8 Å². The highest BCUT2D eigenvalue weighted by Gasteiger charge is 2.07. The van der Waals surface area contributed by atoms with E-state index in [1.165, 1.54) is 5.56 Å². The fourth-order valence-corrected chi connectivity index (χ4v) is 2.35. The Bertz CT molecular complexity index is 686. The van der Waals surface area contributed by atoms with Crippen molar-refractivity contribution in [3.8, 4) is 11.5 Å². The smallest absolute Gasteiger partial charge is 0.175 e. The first-order chi connectivity index (χ1) is 10.5. The molecule has 5 heteroatoms. The molecule has 2 rings (SSSR count). The summed E-state index contributed by atoms with van der Waals surface area (Å²) < 4.78 is 10.5. The summed E-state index contributed by atoms with van der Waals surface area (Å²) in [4.78, 5) is 0. The number of rotatable bonds is 4. The summed E-state index contributed by atoms with van der Waals surface area (Å²) in [6.07, 6.45) is 0. The Morgan fingerprint density at radius 3 is 2.23 bits per heavy atom. The van der Waals surface area contributed by atoms with Crippen molar-refractivity contribution in [2.75, 3.05) is 24.9 Å². The van der Waals surface area contributed by atoms with E-state index in [-0.39, 0.29) is 0 Å². The maximum Gasteiger partial charge on any atom is 0.175 e. The molecular weight excluding hydrogens is 296 g/mol. The molecule has 22 heavy (non-hydrogen) atoms. The van der Waals surface area contributed by atoms with Crippen LogP contribution in [0.4, 0.5) is 11.4 Å². The first-order valence-electron chi connectivity index (χ1n) is 6.90. The average Bonchev–Trinajstić information content (AvgIpc) is 2.50. The van der Waals surface area contributed by atoms with Gasteiger partial charge in [-0.15, -0.1) is 0 Å². The molecule has 2 aromatic rings. The van der Waals surface area contributed by atoms with E-state index in [4.69, 9.17) is 21.7 Å². The molecule has 0 radical (unpaired) electrons. The van der Waals surface area contributed by atoms with E-state index in [0.717, 1.165) is 22.7 Å². The summed E-state index contributed by atoms with van der Waals surface area (Å²) in [7, 11) is 3.23. The van der Waals surface area contributed by atoms with Crippen LogP contribution in [0.1, 0.15) is 11.1 Å². The van der Waals surface area contributed by atoms with Crippen LogP contribution < -0.4 is 20.1 Å². The topological polar surface area (TPSA) is 42.5 Å². The van der Waals surface area contributed by atoms with E-state index in [2.05, 4.69) is 23.6 Å². The van der Waals surface area contributed by atoms with Crippen molar-refractivity contribution >= 4 is 28.7 Å². The van der Waals surface area contributed by atoms with Crippen LogP contribution in [0, 0.1) is 13.8 Å². The van der Waals surface area contributed by atoms with Crippen LogP contribution in [-0.2, 0) is 0 Å². The Labute approximate surface area is 136 Å². The number of nitrogens with one attached hydrogen (secondary N) is 2. The molecule has 2 N–H and O–H groups in total. The summed E-state index contributed by atoms with van der Waals surface area (Å²) in [5.74, 6) is 1.40. The summed E-state index contributed by atoms with van der Waals surface area (Å²) in [5.41, 5.74) is 4.13. The molecule has 0 fully saturated rings. The second-order valence-electron chi connectivity index (χ2n) is 4.96. The van der Waals surface area contributed by atoms with Crippen LogP contribution in [-0.4, -0.2) is 19.3 Å². The fraction of sp³-hybridized carbons (Fsp3) is 0.235. The van der Waals surface area contributed by atoms with Gasteiger partial charge in [-0.05, 0) is 49.8 Å². The monoisotopic (exact) mass is 316 g/mol. The van der Waals surface area contributed by atoms with Gasteiger partial charge in [0.15, 0.2) is 5.11 Å². The van der Waals surface area contributed by atoms with E-state index >= 15 is 0 Å². The van der Waals surface area contributed by atoms with Crippen molar-refractivity contribution in [1.29, 1.82) is 0 Å². The predicted molar refractivity (Wildman–Crippen MR) is 95.3 cm³/mol. The molecule has 0 amide bonds. The van der Waals surface area contributed by atoms with E-state index in [9.17, 15) is 0 Å². The summed E-state index contributed by atoms with van der Waals surface area (Å²) >= 11 is 5.37. The minimum absolute atomic E-state index is 0.510. The van der Waals surface area contributed by atoms with E-state index in [0.29, 0.717) is 10.9 Å². The highest BCUT2D eigenvalue weighted by molar-refractivity contribution is 7.80. The number of thiocarbonyl (C=S) groups is 1. The van der Waals surface area contributed by atoms with Gasteiger partial charge >= 0.3 is 0 Å². The fourth-order valence-electron chi connectivity index (χ4n) is 2.13. The minimum atomic E-state index is 0.510. The lowest BCUT2D eigenvalue weighted by atomic mass is 10.1. The molecule has 2 aromatic carbocycles. The molecule has 0 heterocycles. The molecule has 0 atom stereocenters. The quantitative estimate of drug-likeness (QED) is 0.830. The molecular formula is C17H20N2O2S. The molecule has 0 unspecified atom stereocenters. The summed E-state index contributed by atoms with van der Waals surface area (Å²) in [6, 6.07) is 11.7. The van der Waals surface area contributed by atoms with Gasteiger partial charge in [0.2, 0.25) is 0 Å². The van der Waals surface area contributed by atoms with Gasteiger partial charge in [0.1, 0.15) is 11.5 Å². The molecule has 0 aliphatic carbocycles. The van der Waals surface area contributed by atoms with E-state index in [1.54, 1.807) is 14.2 Å². The third kappa shape index (κ3) is 3.89. The third-order valence-corrected chi connectivity index (χ3v) is 3.49. The lowest BCUT2D eigenvalue weighted by molar-refractivity contribution is 0.395. The van der Waals surface area contributed by atoms with Crippen molar-refractivity contribution < 1.29 is 9.47 Å². The Morgan fingerprint density at radius 2 is 1.59 bits per heavy atom. The number of hydrogen-bond donors (Lipinski definition) is 2. The van der Waals surface area contributed by atoms with Gasteiger partial charge in [0.25, 0.3) is 0 Å². The molecule has 0 aromatic heterocycles. The van der Waals surface area contributed by atoms with Crippen molar-refractivity contribution in [3.63, 3.8) is 0 Å². The SMILES string of the molecule is COc1ccc(NC(=S)Nc2ccc(C)cc2C)c(OC)c1. The highest BCUT2D eigenvalue weighted by atomic mass is 32.1. The molecule has 0 saturated carbocycles. The van der Waals surface area contributed by atoms with Gasteiger partial charge in [-0.3, -0.25) is 0 Å². The summed E-state index contributed by atoms with van der Waals surface area (Å²) in [5, 5.41) is 6.85. The normalized spacial score (nSPS) is 10.0. The minimum Gasteiger partial charge on any atom is -0.497 e. The van der Waals surface area contributed by atoms with Gasteiger partial charge in [0, 0.05) is 11.8 Å². The Hall–Kier alpha value is -2.27. The van der Waals surface area contributed by atoms with Gasteiger partial charge in [0.05, 0.1) is 19.9 Å². The number of aryl methyl sites for hydroxylation is 2. The van der Waals surface area contributed by atoms with Gasteiger partial charge < -0.3 is 20.1 Å². The zero-order chi connectivity index (χ0) is 16.1. The number of benzene rings is 2. The average molecular weight is 316 g/mol. The maximum atomic E-state index is 5.37. The summed E-state index contributed by atoms with van der Waals surface area (Å²) in [6.45, 7) is 4.11. The van der Waals surface area contributed by atoms with Gasteiger partial charge in [-0.2, -0.15) is 0 Å².